The van der Waals surface area contributed by atoms with Gasteiger partial charge in [0.2, 0.25) is 0 Å². The number of hydrogen-bond acceptors (Lipinski definition) is 4. The Morgan fingerprint density at radius 1 is 1.04 bits per heavy atom. The van der Waals surface area contributed by atoms with Crippen LogP contribution in [0, 0.1) is 0 Å². The van der Waals surface area contributed by atoms with Crippen molar-refractivity contribution >= 4 is 0 Å². The van der Waals surface area contributed by atoms with Crippen molar-refractivity contribution in [3.05, 3.63) is 34.9 Å². The zero-order valence-corrected chi connectivity index (χ0v) is 14.9. The maximum Gasteiger partial charge on any atom is 0.161 e. The fourth-order valence-corrected chi connectivity index (χ4v) is 4.98. The average molecular weight is 329 g/mol. The maximum absolute atomic E-state index is 5.77. The van der Waals surface area contributed by atoms with E-state index in [4.69, 9.17) is 14.2 Å². The Labute approximate surface area is 144 Å². The Kier molecular flexibility index (Phi) is 4.05. The maximum atomic E-state index is 5.77. The monoisotopic (exact) mass is 329 g/mol. The minimum Gasteiger partial charge on any atom is -0.493 e. The first-order chi connectivity index (χ1) is 11.7. The number of benzene rings is 1. The highest BCUT2D eigenvalue weighted by Gasteiger charge is 2.51. The van der Waals surface area contributed by atoms with Crippen LogP contribution >= 0.6 is 0 Å². The summed E-state index contributed by atoms with van der Waals surface area (Å²) in [4.78, 5) is 2.68. The van der Waals surface area contributed by atoms with Crippen LogP contribution in [0.5, 0.6) is 11.5 Å². The number of nitrogens with zero attached hydrogens (tertiary/aromatic N) is 1. The first kappa shape index (κ1) is 16.0. The molecule has 0 unspecified atom stereocenters. The van der Waals surface area contributed by atoms with Gasteiger partial charge in [0.1, 0.15) is 0 Å². The topological polar surface area (TPSA) is 30.9 Å². The lowest BCUT2D eigenvalue weighted by atomic mass is 9.73. The summed E-state index contributed by atoms with van der Waals surface area (Å²) in [6, 6.07) is 4.42. The van der Waals surface area contributed by atoms with E-state index < -0.39 is 0 Å². The van der Waals surface area contributed by atoms with Crippen molar-refractivity contribution in [2.24, 2.45) is 0 Å². The van der Waals surface area contributed by atoms with Gasteiger partial charge in [0.05, 0.1) is 25.9 Å². The van der Waals surface area contributed by atoms with Gasteiger partial charge in [0, 0.05) is 20.1 Å². The molecule has 4 nitrogen and oxygen atoms in total. The second-order valence-corrected chi connectivity index (χ2v) is 7.09. The van der Waals surface area contributed by atoms with Crippen LogP contribution in [0.25, 0.3) is 0 Å². The van der Waals surface area contributed by atoms with E-state index in [0.717, 1.165) is 43.9 Å². The van der Waals surface area contributed by atoms with E-state index in [9.17, 15) is 0 Å². The van der Waals surface area contributed by atoms with Gasteiger partial charge < -0.3 is 14.2 Å². The first-order valence-electron chi connectivity index (χ1n) is 8.95. The largest absolute Gasteiger partial charge is 0.493 e. The van der Waals surface area contributed by atoms with E-state index in [0.29, 0.717) is 0 Å². The molecule has 1 aromatic rings. The Hall–Kier alpha value is -1.52. The third-order valence-corrected chi connectivity index (χ3v) is 6.13. The van der Waals surface area contributed by atoms with Crippen LogP contribution in [0.2, 0.25) is 0 Å². The minimum atomic E-state index is -0.00961. The van der Waals surface area contributed by atoms with E-state index in [-0.39, 0.29) is 11.6 Å². The zero-order valence-electron chi connectivity index (χ0n) is 14.9. The predicted octanol–water partition coefficient (Wildman–Crippen LogP) is 3.29. The molecule has 4 rings (SSSR count). The molecule has 0 amide bonds. The van der Waals surface area contributed by atoms with Crippen LogP contribution in [0.3, 0.4) is 0 Å². The molecule has 0 saturated carbocycles. The fourth-order valence-electron chi connectivity index (χ4n) is 4.98. The molecule has 2 heterocycles. The highest BCUT2D eigenvalue weighted by molar-refractivity contribution is 5.54. The standard InChI is InChI=1S/C20H27NO3/c1-22-16-7-6-15-8-10-21-9-4-5-14-11-18(23-2)19(24-3)12-17(14)20(15,21)13-16/h6,11-12,16H,4-5,7-10,13H2,1-3H3/t16-,20+/m1/s1. The van der Waals surface area contributed by atoms with Crippen molar-refractivity contribution in [3.63, 3.8) is 0 Å². The van der Waals surface area contributed by atoms with Crippen LogP contribution < -0.4 is 9.47 Å². The Bertz CT molecular complexity index is 669. The zero-order chi connectivity index (χ0) is 16.7. The number of aryl methyl sites for hydroxylation is 1. The summed E-state index contributed by atoms with van der Waals surface area (Å²) in [6.07, 6.45) is 8.25. The normalized spacial score (nSPS) is 29.1. The highest BCUT2D eigenvalue weighted by atomic mass is 16.5. The van der Waals surface area contributed by atoms with Gasteiger partial charge in [-0.25, -0.2) is 0 Å². The molecule has 0 aromatic heterocycles. The summed E-state index contributed by atoms with van der Waals surface area (Å²) >= 11 is 0. The summed E-state index contributed by atoms with van der Waals surface area (Å²) in [5, 5.41) is 0. The van der Waals surface area contributed by atoms with E-state index >= 15 is 0 Å². The van der Waals surface area contributed by atoms with Crippen LogP contribution in [0.4, 0.5) is 0 Å². The summed E-state index contributed by atoms with van der Waals surface area (Å²) < 4.78 is 17.0. The second-order valence-electron chi connectivity index (χ2n) is 7.09. The molecule has 0 N–H and O–H groups in total. The van der Waals surface area contributed by atoms with Crippen molar-refractivity contribution in [1.29, 1.82) is 0 Å². The van der Waals surface area contributed by atoms with Crippen LogP contribution in [-0.4, -0.2) is 45.4 Å². The lowest BCUT2D eigenvalue weighted by molar-refractivity contribution is 0.0346. The van der Waals surface area contributed by atoms with Crippen molar-refractivity contribution < 1.29 is 14.2 Å². The third-order valence-electron chi connectivity index (χ3n) is 6.13. The molecule has 130 valence electrons. The lowest BCUT2D eigenvalue weighted by Crippen LogP contribution is -2.46. The lowest BCUT2D eigenvalue weighted by Gasteiger charge is -2.44. The van der Waals surface area contributed by atoms with E-state index in [2.05, 4.69) is 23.1 Å². The van der Waals surface area contributed by atoms with Gasteiger partial charge in [-0.05, 0) is 61.1 Å². The number of ether oxygens (including phenoxy) is 3. The predicted molar refractivity (Wildman–Crippen MR) is 93.8 cm³/mol. The molecule has 0 radical (unpaired) electrons. The highest BCUT2D eigenvalue weighted by Crippen LogP contribution is 2.53. The molecule has 3 aliphatic rings. The van der Waals surface area contributed by atoms with Gasteiger partial charge in [0.25, 0.3) is 0 Å². The van der Waals surface area contributed by atoms with Gasteiger partial charge in [-0.2, -0.15) is 0 Å². The molecule has 24 heavy (non-hydrogen) atoms. The summed E-state index contributed by atoms with van der Waals surface area (Å²) in [6.45, 7) is 2.29. The molecular formula is C20H27NO3. The van der Waals surface area contributed by atoms with E-state index in [1.54, 1.807) is 19.8 Å². The molecule has 1 aromatic carbocycles. The fraction of sp³-hybridized carbons (Fsp3) is 0.600. The third kappa shape index (κ3) is 2.20. The molecule has 1 fully saturated rings. The number of fused-ring (bicyclic) bond motifs is 1. The molecule has 2 atom stereocenters. The van der Waals surface area contributed by atoms with E-state index in [1.807, 2.05) is 7.11 Å². The molecule has 1 spiro atoms. The minimum absolute atomic E-state index is 0.00961. The molecule has 0 bridgehead atoms. The quantitative estimate of drug-likeness (QED) is 0.796. The molecular weight excluding hydrogens is 302 g/mol. The van der Waals surface area contributed by atoms with Gasteiger partial charge in [-0.3, -0.25) is 4.90 Å². The summed E-state index contributed by atoms with van der Waals surface area (Å²) in [5.41, 5.74) is 4.37. The molecule has 1 saturated heterocycles. The smallest absolute Gasteiger partial charge is 0.161 e. The van der Waals surface area contributed by atoms with Crippen LogP contribution in [-0.2, 0) is 16.7 Å². The van der Waals surface area contributed by atoms with Crippen molar-refractivity contribution in [2.45, 2.75) is 43.7 Å². The van der Waals surface area contributed by atoms with Gasteiger partial charge in [-0.15, -0.1) is 0 Å². The summed E-state index contributed by atoms with van der Waals surface area (Å²) in [5.74, 6) is 1.67. The number of rotatable bonds is 3. The van der Waals surface area contributed by atoms with Gasteiger partial charge in [0.15, 0.2) is 11.5 Å². The molecule has 1 aliphatic carbocycles. The Balaban J connectivity index is 1.92. The number of methoxy groups -OCH3 is 3. The molecule has 4 heteroatoms. The Morgan fingerprint density at radius 3 is 2.58 bits per heavy atom. The second kappa shape index (κ2) is 6.08. The van der Waals surface area contributed by atoms with E-state index in [1.165, 1.54) is 24.0 Å². The summed E-state index contributed by atoms with van der Waals surface area (Å²) in [7, 11) is 5.28. The average Bonchev–Trinajstić information content (AvgIpc) is 2.92. The van der Waals surface area contributed by atoms with Crippen molar-refractivity contribution in [2.75, 3.05) is 34.4 Å². The van der Waals surface area contributed by atoms with Gasteiger partial charge >= 0.3 is 0 Å². The van der Waals surface area contributed by atoms with Gasteiger partial charge in [-0.1, -0.05) is 6.08 Å². The first-order valence-corrected chi connectivity index (χ1v) is 8.95. The van der Waals surface area contributed by atoms with Crippen LogP contribution in [0.15, 0.2) is 23.8 Å². The Morgan fingerprint density at radius 2 is 1.83 bits per heavy atom. The van der Waals surface area contributed by atoms with Crippen molar-refractivity contribution in [3.8, 4) is 11.5 Å². The molecule has 2 aliphatic heterocycles. The number of hydrogen-bond donors (Lipinski definition) is 0. The SMILES string of the molecule is COc1cc2c(cc1OC)[C@]13C[C@H](OC)CC=C1CCN3CCC2. The van der Waals surface area contributed by atoms with Crippen LogP contribution in [0.1, 0.15) is 36.8 Å². The van der Waals surface area contributed by atoms with Crippen molar-refractivity contribution in [1.82, 2.24) is 4.90 Å².